The maximum atomic E-state index is 13.5. The smallest absolute Gasteiger partial charge is 0.197 e. The Balaban J connectivity index is 2.10. The van der Waals surface area contributed by atoms with Gasteiger partial charge in [0, 0.05) is 33.7 Å². The van der Waals surface area contributed by atoms with Gasteiger partial charge >= 0.3 is 0 Å². The monoisotopic (exact) mass is 476 g/mol. The Bertz CT molecular complexity index is 1200. The standard InChI is InChI=1S/C23H25ClN2O7/c1-8(25)13-19(29)17(26(3)4)10-7-9-14(21(31)23(10,33)20(13)30)18(28)15-12(27)6-5-11(24)16(15)22(9,2)32/h5-6,9-10,17,27,30-33H,1,7,25H2,2-4H3/t9?,10-,17-,22-,23+/m0/s1. The van der Waals surface area contributed by atoms with Crippen LogP contribution >= 0.6 is 11.6 Å². The van der Waals surface area contributed by atoms with Crippen molar-refractivity contribution in [2.24, 2.45) is 17.6 Å². The summed E-state index contributed by atoms with van der Waals surface area (Å²) in [5.41, 5.74) is -0.154. The molecule has 1 aromatic carbocycles. The third-order valence-corrected chi connectivity index (χ3v) is 7.47. The van der Waals surface area contributed by atoms with Gasteiger partial charge in [-0.25, -0.2) is 0 Å². The molecule has 9 nitrogen and oxygen atoms in total. The van der Waals surface area contributed by atoms with Gasteiger partial charge in [0.05, 0.1) is 22.8 Å². The van der Waals surface area contributed by atoms with Crippen LogP contribution in [0.2, 0.25) is 5.02 Å². The van der Waals surface area contributed by atoms with Gasteiger partial charge in [-0.1, -0.05) is 18.2 Å². The zero-order chi connectivity index (χ0) is 24.8. The zero-order valence-corrected chi connectivity index (χ0v) is 19.0. The number of phenolic OH excluding ortho intramolecular Hbond substituents is 1. The summed E-state index contributed by atoms with van der Waals surface area (Å²) in [6.07, 6.45) is -0.178. The predicted octanol–water partition coefficient (Wildman–Crippen LogP) is 1.43. The lowest BCUT2D eigenvalue weighted by atomic mass is 9.55. The van der Waals surface area contributed by atoms with Gasteiger partial charge in [0.2, 0.25) is 0 Å². The van der Waals surface area contributed by atoms with Crippen LogP contribution in [0.15, 0.2) is 47.1 Å². The fourth-order valence-electron chi connectivity index (χ4n) is 5.65. The Morgan fingerprint density at radius 1 is 1.18 bits per heavy atom. The molecule has 0 saturated heterocycles. The molecule has 0 spiro atoms. The van der Waals surface area contributed by atoms with Crippen LogP contribution in [-0.4, -0.2) is 67.7 Å². The number of benzene rings is 1. The first-order valence-electron chi connectivity index (χ1n) is 10.2. The normalized spacial score (nSPS) is 33.7. The molecule has 176 valence electrons. The number of ketones is 2. The molecular formula is C23H25ClN2O7. The lowest BCUT2D eigenvalue weighted by Gasteiger charge is -2.53. The van der Waals surface area contributed by atoms with E-state index >= 15 is 0 Å². The quantitative estimate of drug-likeness (QED) is 0.370. The Morgan fingerprint density at radius 3 is 2.33 bits per heavy atom. The van der Waals surface area contributed by atoms with Crippen molar-refractivity contribution in [1.29, 1.82) is 0 Å². The summed E-state index contributed by atoms with van der Waals surface area (Å²) in [4.78, 5) is 28.2. The van der Waals surface area contributed by atoms with Crippen molar-refractivity contribution in [2.75, 3.05) is 14.1 Å². The first kappa shape index (κ1) is 23.3. The predicted molar refractivity (Wildman–Crippen MR) is 119 cm³/mol. The fraction of sp³-hybridized carbons (Fsp3) is 0.391. The van der Waals surface area contributed by atoms with Crippen molar-refractivity contribution in [2.45, 2.75) is 30.6 Å². The minimum absolute atomic E-state index is 0.0134. The summed E-state index contributed by atoms with van der Waals surface area (Å²) in [7, 11) is 3.15. The Labute approximate surface area is 194 Å². The summed E-state index contributed by atoms with van der Waals surface area (Å²) in [6.45, 7) is 4.87. The Morgan fingerprint density at radius 2 is 1.79 bits per heavy atom. The molecule has 3 aliphatic carbocycles. The third-order valence-electron chi connectivity index (χ3n) is 7.15. The van der Waals surface area contributed by atoms with Crippen LogP contribution in [0.5, 0.6) is 5.75 Å². The second-order valence-electron chi connectivity index (χ2n) is 9.24. The Hall–Kier alpha value is -2.85. The molecule has 1 aromatic rings. The number of Topliss-reactive ketones (excluding diaryl/α,β-unsaturated/α-hetero) is 2. The molecule has 0 aliphatic heterocycles. The molecule has 10 heteroatoms. The van der Waals surface area contributed by atoms with Gasteiger partial charge in [-0.2, -0.15) is 0 Å². The van der Waals surface area contributed by atoms with Crippen LogP contribution in [-0.2, 0) is 10.4 Å². The van der Waals surface area contributed by atoms with E-state index in [9.17, 15) is 35.1 Å². The van der Waals surface area contributed by atoms with Gasteiger partial charge in [-0.3, -0.25) is 14.5 Å². The number of fused-ring (bicyclic) bond motifs is 3. The molecule has 0 amide bonds. The van der Waals surface area contributed by atoms with Gasteiger partial charge in [-0.05, 0) is 39.6 Å². The second-order valence-corrected chi connectivity index (χ2v) is 9.65. The molecule has 0 bridgehead atoms. The van der Waals surface area contributed by atoms with Gasteiger partial charge in [0.1, 0.15) is 17.3 Å². The molecule has 0 aromatic heterocycles. The number of hydrogen-bond donors (Lipinski definition) is 6. The average Bonchev–Trinajstić information content (AvgIpc) is 2.69. The molecule has 0 heterocycles. The second kappa shape index (κ2) is 7.07. The molecular weight excluding hydrogens is 452 g/mol. The van der Waals surface area contributed by atoms with Crippen LogP contribution < -0.4 is 5.73 Å². The molecule has 4 rings (SSSR count). The highest BCUT2D eigenvalue weighted by Gasteiger charge is 2.64. The van der Waals surface area contributed by atoms with Crippen molar-refractivity contribution in [3.63, 3.8) is 0 Å². The highest BCUT2D eigenvalue weighted by molar-refractivity contribution is 6.32. The van der Waals surface area contributed by atoms with E-state index in [1.165, 1.54) is 24.0 Å². The van der Waals surface area contributed by atoms with E-state index in [1.807, 2.05) is 0 Å². The van der Waals surface area contributed by atoms with Crippen molar-refractivity contribution < 1.29 is 35.1 Å². The van der Waals surface area contributed by atoms with Crippen LogP contribution in [0.1, 0.15) is 29.3 Å². The number of carbonyl (C=O) groups is 2. The van der Waals surface area contributed by atoms with Gasteiger partial charge in [0.25, 0.3) is 0 Å². The van der Waals surface area contributed by atoms with Crippen LogP contribution in [0.3, 0.4) is 0 Å². The molecule has 5 atom stereocenters. The number of halogens is 1. The largest absolute Gasteiger partial charge is 0.508 e. The number of hydrogen-bond acceptors (Lipinski definition) is 9. The van der Waals surface area contributed by atoms with Crippen molar-refractivity contribution >= 4 is 23.2 Å². The summed E-state index contributed by atoms with van der Waals surface area (Å²) in [5.74, 6) is -6.04. The SMILES string of the molecule is C=C(N)C1=C(O)[C@@]2(O)C(O)=C3C(=O)c4c(O)ccc(Cl)c4[C@@](C)(O)C3C[C@H]2[C@H](N(C)C)C1=O. The molecule has 0 fully saturated rings. The summed E-state index contributed by atoms with van der Waals surface area (Å²) >= 11 is 6.29. The number of carbonyl (C=O) groups excluding carboxylic acids is 2. The number of rotatable bonds is 2. The highest BCUT2D eigenvalue weighted by atomic mass is 35.5. The van der Waals surface area contributed by atoms with Crippen molar-refractivity contribution in [3.05, 3.63) is 63.2 Å². The summed E-state index contributed by atoms with van der Waals surface area (Å²) in [6, 6.07) is 1.45. The number of aromatic hydroxyl groups is 1. The van der Waals surface area contributed by atoms with Gasteiger partial charge < -0.3 is 31.3 Å². The maximum absolute atomic E-state index is 13.5. The van der Waals surface area contributed by atoms with E-state index in [-0.39, 0.29) is 33.8 Å². The highest BCUT2D eigenvalue weighted by Crippen LogP contribution is 2.58. The van der Waals surface area contributed by atoms with E-state index in [4.69, 9.17) is 17.3 Å². The third kappa shape index (κ3) is 2.77. The first-order chi connectivity index (χ1) is 15.2. The fourth-order valence-corrected chi connectivity index (χ4v) is 6.00. The lowest BCUT2D eigenvalue weighted by Crippen LogP contribution is -2.63. The number of nitrogens with two attached hydrogens (primary N) is 1. The molecule has 7 N–H and O–H groups in total. The number of nitrogens with zero attached hydrogens (tertiary/aromatic N) is 1. The minimum Gasteiger partial charge on any atom is -0.508 e. The lowest BCUT2D eigenvalue weighted by molar-refractivity contribution is -0.137. The van der Waals surface area contributed by atoms with Crippen LogP contribution in [0.4, 0.5) is 0 Å². The number of allylic oxidation sites excluding steroid dienone is 1. The number of aliphatic hydroxyl groups is 4. The summed E-state index contributed by atoms with van der Waals surface area (Å²) in [5, 5.41) is 55.9. The number of likely N-dealkylation sites (N-methyl/N-ethyl adjacent to an activating group) is 1. The van der Waals surface area contributed by atoms with Crippen LogP contribution in [0, 0.1) is 11.8 Å². The number of aliphatic hydroxyl groups excluding tert-OH is 2. The molecule has 1 unspecified atom stereocenters. The van der Waals surface area contributed by atoms with E-state index in [1.54, 1.807) is 14.1 Å². The van der Waals surface area contributed by atoms with E-state index in [0.717, 1.165) is 0 Å². The number of phenols is 1. The van der Waals surface area contributed by atoms with Crippen molar-refractivity contribution in [3.8, 4) is 5.75 Å². The Kier molecular flexibility index (Phi) is 5.00. The van der Waals surface area contributed by atoms with E-state index in [2.05, 4.69) is 6.58 Å². The molecule has 0 saturated carbocycles. The van der Waals surface area contributed by atoms with Gasteiger partial charge in [0.15, 0.2) is 17.2 Å². The molecule has 3 aliphatic rings. The van der Waals surface area contributed by atoms with Gasteiger partial charge in [-0.15, -0.1) is 0 Å². The molecule has 33 heavy (non-hydrogen) atoms. The van der Waals surface area contributed by atoms with Crippen molar-refractivity contribution in [1.82, 2.24) is 4.90 Å². The van der Waals surface area contributed by atoms with Crippen LogP contribution in [0.25, 0.3) is 0 Å². The van der Waals surface area contributed by atoms with E-state index < -0.39 is 63.5 Å². The minimum atomic E-state index is -2.55. The van der Waals surface area contributed by atoms with E-state index in [0.29, 0.717) is 0 Å². The topological polar surface area (TPSA) is 165 Å². The molecule has 0 radical (unpaired) electrons. The zero-order valence-electron chi connectivity index (χ0n) is 18.3. The summed E-state index contributed by atoms with van der Waals surface area (Å²) < 4.78 is 0. The first-order valence-corrected chi connectivity index (χ1v) is 10.6. The average molecular weight is 477 g/mol. The maximum Gasteiger partial charge on any atom is 0.197 e.